The van der Waals surface area contributed by atoms with Gasteiger partial charge in [0.25, 0.3) is 5.91 Å². The Balaban J connectivity index is 1.76. The standard InChI is InChI=1S/C16H16N4O3S/c1-20-14(21)8-7-11(19-20)15(22)18-16-17-12(9-24-16)10-5-3-4-6-13(10)23-2/h3-6,9H,7-8H2,1-2H3,(H,17,18,22). The third-order valence-corrected chi connectivity index (χ3v) is 4.33. The number of amides is 2. The maximum Gasteiger partial charge on any atom is 0.273 e. The van der Waals surface area contributed by atoms with E-state index < -0.39 is 0 Å². The van der Waals surface area contributed by atoms with Gasteiger partial charge >= 0.3 is 0 Å². The summed E-state index contributed by atoms with van der Waals surface area (Å²) in [6, 6.07) is 7.55. The molecule has 0 aliphatic carbocycles. The van der Waals surface area contributed by atoms with Gasteiger partial charge in [-0.3, -0.25) is 14.9 Å². The second-order valence-electron chi connectivity index (χ2n) is 5.16. The van der Waals surface area contributed by atoms with E-state index >= 15 is 0 Å². The van der Waals surface area contributed by atoms with Crippen LogP contribution in [0.4, 0.5) is 5.13 Å². The first-order valence-corrected chi connectivity index (χ1v) is 8.20. The lowest BCUT2D eigenvalue weighted by Crippen LogP contribution is -2.34. The summed E-state index contributed by atoms with van der Waals surface area (Å²) in [6.07, 6.45) is 0.618. The lowest BCUT2D eigenvalue weighted by Gasteiger charge is -2.18. The molecule has 0 spiro atoms. The number of hydrogen-bond acceptors (Lipinski definition) is 6. The summed E-state index contributed by atoms with van der Waals surface area (Å²) in [5.41, 5.74) is 1.91. The van der Waals surface area contributed by atoms with Crippen LogP contribution in [0, 0.1) is 0 Å². The van der Waals surface area contributed by atoms with Gasteiger partial charge in [-0.1, -0.05) is 12.1 Å². The predicted molar refractivity (Wildman–Crippen MR) is 92.2 cm³/mol. The summed E-state index contributed by atoms with van der Waals surface area (Å²) in [4.78, 5) is 28.1. The molecule has 0 unspecified atom stereocenters. The molecule has 2 aromatic rings. The number of methoxy groups -OCH3 is 1. The first-order valence-electron chi connectivity index (χ1n) is 7.33. The van der Waals surface area contributed by atoms with Gasteiger partial charge in [-0.25, -0.2) is 9.99 Å². The molecular formula is C16H16N4O3S. The lowest BCUT2D eigenvalue weighted by molar-refractivity contribution is -0.130. The Labute approximate surface area is 143 Å². The first-order chi connectivity index (χ1) is 11.6. The van der Waals surface area contributed by atoms with E-state index in [-0.39, 0.29) is 18.2 Å². The van der Waals surface area contributed by atoms with Crippen molar-refractivity contribution in [2.24, 2.45) is 5.10 Å². The van der Waals surface area contributed by atoms with Crippen LogP contribution in [-0.2, 0) is 9.59 Å². The molecule has 124 valence electrons. The molecule has 0 saturated carbocycles. The van der Waals surface area contributed by atoms with Gasteiger partial charge in [0.05, 0.1) is 12.8 Å². The number of nitrogens with one attached hydrogen (secondary N) is 1. The van der Waals surface area contributed by atoms with Crippen molar-refractivity contribution in [2.75, 3.05) is 19.5 Å². The molecule has 7 nitrogen and oxygen atoms in total. The molecule has 3 rings (SSSR count). The van der Waals surface area contributed by atoms with E-state index in [0.717, 1.165) is 17.0 Å². The van der Waals surface area contributed by atoms with Crippen molar-refractivity contribution < 1.29 is 14.3 Å². The van der Waals surface area contributed by atoms with Gasteiger partial charge in [-0.15, -0.1) is 11.3 Å². The SMILES string of the molecule is COc1ccccc1-c1csc(NC(=O)C2=NN(C)C(=O)CC2)n1. The number of hydrazone groups is 1. The molecule has 1 aliphatic rings. The summed E-state index contributed by atoms with van der Waals surface area (Å²) < 4.78 is 5.33. The number of rotatable bonds is 4. The maximum absolute atomic E-state index is 12.3. The van der Waals surface area contributed by atoms with Crippen LogP contribution < -0.4 is 10.1 Å². The minimum Gasteiger partial charge on any atom is -0.496 e. The Morgan fingerprint density at radius 1 is 1.33 bits per heavy atom. The number of nitrogens with zero attached hydrogens (tertiary/aromatic N) is 3. The van der Waals surface area contributed by atoms with Crippen LogP contribution >= 0.6 is 11.3 Å². The van der Waals surface area contributed by atoms with Crippen LogP contribution in [0.1, 0.15) is 12.8 Å². The van der Waals surface area contributed by atoms with Crippen LogP contribution in [0.3, 0.4) is 0 Å². The number of hydrogen-bond donors (Lipinski definition) is 1. The average molecular weight is 344 g/mol. The minimum absolute atomic E-state index is 0.0979. The van der Waals surface area contributed by atoms with Crippen LogP contribution in [0.2, 0.25) is 0 Å². The number of carbonyl (C=O) groups excluding carboxylic acids is 2. The van der Waals surface area contributed by atoms with Gasteiger partial charge in [0.15, 0.2) is 5.13 Å². The molecule has 8 heteroatoms. The molecule has 1 N–H and O–H groups in total. The predicted octanol–water partition coefficient (Wildman–Crippen LogP) is 2.37. The number of anilines is 1. The molecule has 0 fully saturated rings. The van der Waals surface area contributed by atoms with E-state index in [2.05, 4.69) is 15.4 Å². The second-order valence-corrected chi connectivity index (χ2v) is 6.01. The lowest BCUT2D eigenvalue weighted by atomic mass is 10.1. The highest BCUT2D eigenvalue weighted by Gasteiger charge is 2.22. The minimum atomic E-state index is -0.338. The van der Waals surface area contributed by atoms with E-state index in [0.29, 0.717) is 17.3 Å². The molecule has 0 saturated heterocycles. The van der Waals surface area contributed by atoms with Crippen molar-refractivity contribution in [3.63, 3.8) is 0 Å². The molecule has 1 aliphatic heterocycles. The Kier molecular flexibility index (Phi) is 4.57. The van der Waals surface area contributed by atoms with E-state index in [1.165, 1.54) is 23.4 Å². The summed E-state index contributed by atoms with van der Waals surface area (Å²) in [7, 11) is 3.14. The second kappa shape index (κ2) is 6.79. The Morgan fingerprint density at radius 3 is 2.88 bits per heavy atom. The van der Waals surface area contributed by atoms with Gasteiger partial charge in [-0.05, 0) is 12.1 Å². The van der Waals surface area contributed by atoms with Crippen LogP contribution in [0.5, 0.6) is 5.75 Å². The largest absolute Gasteiger partial charge is 0.496 e. The topological polar surface area (TPSA) is 83.9 Å². The van der Waals surface area contributed by atoms with Crippen LogP contribution in [-0.4, -0.2) is 41.7 Å². The van der Waals surface area contributed by atoms with E-state index in [1.807, 2.05) is 29.6 Å². The number of ether oxygens (including phenoxy) is 1. The van der Waals surface area contributed by atoms with Crippen molar-refractivity contribution in [2.45, 2.75) is 12.8 Å². The highest BCUT2D eigenvalue weighted by molar-refractivity contribution is 7.14. The molecule has 2 amide bonds. The quantitative estimate of drug-likeness (QED) is 0.923. The van der Waals surface area contributed by atoms with Crippen LogP contribution in [0.15, 0.2) is 34.7 Å². The summed E-state index contributed by atoms with van der Waals surface area (Å²) in [5, 5.41) is 10.3. The summed E-state index contributed by atoms with van der Waals surface area (Å²) in [6.45, 7) is 0. The van der Waals surface area contributed by atoms with Crippen LogP contribution in [0.25, 0.3) is 11.3 Å². The molecule has 2 heterocycles. The molecule has 1 aromatic heterocycles. The first kappa shape index (κ1) is 16.1. The monoisotopic (exact) mass is 344 g/mol. The van der Waals surface area contributed by atoms with Gasteiger partial charge in [-0.2, -0.15) is 5.10 Å². The fraction of sp³-hybridized carbons (Fsp3) is 0.250. The number of thiazole rings is 1. The third-order valence-electron chi connectivity index (χ3n) is 3.58. The molecule has 1 aromatic carbocycles. The van der Waals surface area contributed by atoms with E-state index in [4.69, 9.17) is 4.74 Å². The highest BCUT2D eigenvalue weighted by atomic mass is 32.1. The molecular weight excluding hydrogens is 328 g/mol. The van der Waals surface area contributed by atoms with E-state index in [9.17, 15) is 9.59 Å². The van der Waals surface area contributed by atoms with Crippen molar-refractivity contribution >= 4 is 34.0 Å². The molecule has 24 heavy (non-hydrogen) atoms. The number of aromatic nitrogens is 1. The zero-order valence-corrected chi connectivity index (χ0v) is 14.1. The number of para-hydroxylation sites is 1. The van der Waals surface area contributed by atoms with Crippen molar-refractivity contribution in [3.8, 4) is 17.0 Å². The summed E-state index contributed by atoms with van der Waals surface area (Å²) in [5.74, 6) is 0.284. The summed E-state index contributed by atoms with van der Waals surface area (Å²) >= 11 is 1.32. The average Bonchev–Trinajstić information content (AvgIpc) is 3.05. The Morgan fingerprint density at radius 2 is 2.12 bits per heavy atom. The fourth-order valence-electron chi connectivity index (χ4n) is 2.31. The van der Waals surface area contributed by atoms with E-state index in [1.54, 1.807) is 7.11 Å². The molecule has 0 bridgehead atoms. The molecule has 0 radical (unpaired) electrons. The van der Waals surface area contributed by atoms with Gasteiger partial charge < -0.3 is 4.74 Å². The van der Waals surface area contributed by atoms with Gasteiger partial charge in [0, 0.05) is 30.8 Å². The zero-order valence-electron chi connectivity index (χ0n) is 13.3. The maximum atomic E-state index is 12.3. The van der Waals surface area contributed by atoms with Crippen molar-refractivity contribution in [1.29, 1.82) is 0 Å². The zero-order chi connectivity index (χ0) is 17.1. The van der Waals surface area contributed by atoms with Crippen molar-refractivity contribution in [3.05, 3.63) is 29.6 Å². The third kappa shape index (κ3) is 3.28. The highest BCUT2D eigenvalue weighted by Crippen LogP contribution is 2.31. The van der Waals surface area contributed by atoms with Crippen molar-refractivity contribution in [1.82, 2.24) is 9.99 Å². The Bertz CT molecular complexity index is 815. The number of benzene rings is 1. The Hall–Kier alpha value is -2.74. The number of carbonyl (C=O) groups is 2. The van der Waals surface area contributed by atoms with Gasteiger partial charge in [0.2, 0.25) is 5.91 Å². The fourth-order valence-corrected chi connectivity index (χ4v) is 3.02. The smallest absolute Gasteiger partial charge is 0.273 e. The molecule has 0 atom stereocenters. The van der Waals surface area contributed by atoms with Gasteiger partial charge in [0.1, 0.15) is 11.5 Å². The normalized spacial score (nSPS) is 14.3.